The Hall–Kier alpha value is -1.33. The molecular formula is C9H9NO3S. The predicted octanol–water partition coefficient (Wildman–Crippen LogP) is 1.34. The molecule has 0 radical (unpaired) electrons. The van der Waals surface area contributed by atoms with E-state index in [9.17, 15) is 8.42 Å². The van der Waals surface area contributed by atoms with E-state index in [2.05, 4.69) is 5.32 Å². The number of anilines is 1. The fourth-order valence-electron chi connectivity index (χ4n) is 1.34. The van der Waals surface area contributed by atoms with E-state index in [0.29, 0.717) is 5.69 Å². The number of para-hydroxylation sites is 1. The third-order valence-electron chi connectivity index (χ3n) is 2.03. The van der Waals surface area contributed by atoms with E-state index >= 15 is 0 Å². The molecule has 5 heteroatoms. The van der Waals surface area contributed by atoms with Crippen molar-refractivity contribution in [3.8, 4) is 0 Å². The molecule has 4 nitrogen and oxygen atoms in total. The van der Waals surface area contributed by atoms with Gasteiger partial charge in [0, 0.05) is 5.69 Å². The van der Waals surface area contributed by atoms with Crippen LogP contribution >= 0.6 is 0 Å². The van der Waals surface area contributed by atoms with Crippen LogP contribution in [0.15, 0.2) is 30.3 Å². The van der Waals surface area contributed by atoms with Gasteiger partial charge in [0.25, 0.3) is 10.1 Å². The molecular weight excluding hydrogens is 202 g/mol. The molecule has 1 unspecified atom stereocenters. The van der Waals surface area contributed by atoms with Gasteiger partial charge in [-0.05, 0) is 17.7 Å². The van der Waals surface area contributed by atoms with Gasteiger partial charge in [0.05, 0.1) is 0 Å². The van der Waals surface area contributed by atoms with Gasteiger partial charge >= 0.3 is 0 Å². The highest BCUT2D eigenvalue weighted by atomic mass is 32.2. The van der Waals surface area contributed by atoms with Crippen molar-refractivity contribution in [3.05, 3.63) is 35.9 Å². The standard InChI is InChI=1S/C9H9NO3S/c11-14(12,13)9-6-5-7-3-1-2-4-8(7)10-9/h1-6,9-10H,(H,11,12,13). The molecule has 0 fully saturated rings. The molecule has 2 rings (SSSR count). The first-order valence-corrected chi connectivity index (χ1v) is 5.58. The molecule has 74 valence electrons. The Morgan fingerprint density at radius 2 is 2.00 bits per heavy atom. The molecule has 0 aliphatic carbocycles. The second kappa shape index (κ2) is 3.11. The van der Waals surface area contributed by atoms with Crippen LogP contribution in [0.3, 0.4) is 0 Å². The van der Waals surface area contributed by atoms with Crippen LogP contribution < -0.4 is 5.32 Å². The summed E-state index contributed by atoms with van der Waals surface area (Å²) in [5.74, 6) is 0. The van der Waals surface area contributed by atoms with E-state index in [1.807, 2.05) is 12.1 Å². The summed E-state index contributed by atoms with van der Waals surface area (Å²) in [5.41, 5.74) is 1.62. The van der Waals surface area contributed by atoms with E-state index in [1.165, 1.54) is 6.08 Å². The average molecular weight is 211 g/mol. The second-order valence-corrected chi connectivity index (χ2v) is 4.56. The molecule has 1 aliphatic rings. The first kappa shape index (κ1) is 9.23. The Morgan fingerprint density at radius 3 is 2.71 bits per heavy atom. The first-order valence-electron chi connectivity index (χ1n) is 4.07. The minimum absolute atomic E-state index is 0.706. The maximum atomic E-state index is 10.8. The molecule has 0 bridgehead atoms. The van der Waals surface area contributed by atoms with Crippen molar-refractivity contribution in [1.82, 2.24) is 0 Å². The summed E-state index contributed by atoms with van der Waals surface area (Å²) < 4.78 is 30.5. The average Bonchev–Trinajstić information content (AvgIpc) is 2.16. The van der Waals surface area contributed by atoms with Crippen molar-refractivity contribution in [2.75, 3.05) is 5.32 Å². The summed E-state index contributed by atoms with van der Waals surface area (Å²) in [6.45, 7) is 0. The SMILES string of the molecule is O=S(=O)(O)C1C=Cc2ccccc2N1. The van der Waals surface area contributed by atoms with Gasteiger partial charge in [0.2, 0.25) is 0 Å². The fourth-order valence-corrected chi connectivity index (χ4v) is 1.89. The van der Waals surface area contributed by atoms with Crippen molar-refractivity contribution in [2.45, 2.75) is 5.37 Å². The Morgan fingerprint density at radius 1 is 1.29 bits per heavy atom. The maximum absolute atomic E-state index is 10.8. The van der Waals surface area contributed by atoms with Crippen molar-refractivity contribution >= 4 is 21.9 Å². The highest BCUT2D eigenvalue weighted by Gasteiger charge is 2.22. The minimum atomic E-state index is -4.07. The summed E-state index contributed by atoms with van der Waals surface area (Å²) >= 11 is 0. The first-order chi connectivity index (χ1) is 6.57. The molecule has 0 saturated heterocycles. The van der Waals surface area contributed by atoms with Gasteiger partial charge in [-0.3, -0.25) is 4.55 Å². The largest absolute Gasteiger partial charge is 0.363 e. The zero-order valence-corrected chi connectivity index (χ0v) is 8.03. The zero-order valence-electron chi connectivity index (χ0n) is 7.21. The topological polar surface area (TPSA) is 66.4 Å². The minimum Gasteiger partial charge on any atom is -0.363 e. The van der Waals surface area contributed by atoms with Gasteiger partial charge in [0.1, 0.15) is 0 Å². The molecule has 1 heterocycles. The summed E-state index contributed by atoms with van der Waals surface area (Å²) in [4.78, 5) is 0. The van der Waals surface area contributed by atoms with E-state index in [1.54, 1.807) is 18.2 Å². The molecule has 0 spiro atoms. The van der Waals surface area contributed by atoms with E-state index in [0.717, 1.165) is 5.56 Å². The highest BCUT2D eigenvalue weighted by molar-refractivity contribution is 7.86. The Labute approximate surface area is 82.0 Å². The van der Waals surface area contributed by atoms with Crippen LogP contribution in [0.4, 0.5) is 5.69 Å². The van der Waals surface area contributed by atoms with Crippen molar-refractivity contribution < 1.29 is 13.0 Å². The number of rotatable bonds is 1. The monoisotopic (exact) mass is 211 g/mol. The Kier molecular flexibility index (Phi) is 2.05. The van der Waals surface area contributed by atoms with Crippen LogP contribution in [0.5, 0.6) is 0 Å². The van der Waals surface area contributed by atoms with Gasteiger partial charge in [0.15, 0.2) is 5.37 Å². The summed E-state index contributed by atoms with van der Waals surface area (Å²) in [6.07, 6.45) is 3.09. The molecule has 0 amide bonds. The molecule has 14 heavy (non-hydrogen) atoms. The maximum Gasteiger partial charge on any atom is 0.289 e. The number of fused-ring (bicyclic) bond motifs is 1. The normalized spacial score (nSPS) is 19.9. The van der Waals surface area contributed by atoms with Gasteiger partial charge in [-0.25, -0.2) is 0 Å². The molecule has 1 atom stereocenters. The lowest BCUT2D eigenvalue weighted by atomic mass is 10.1. The third-order valence-corrected chi connectivity index (χ3v) is 2.95. The van der Waals surface area contributed by atoms with Gasteiger partial charge in [-0.2, -0.15) is 8.42 Å². The molecule has 2 N–H and O–H groups in total. The fraction of sp³-hybridized carbons (Fsp3) is 0.111. The molecule has 0 aromatic heterocycles. The lowest BCUT2D eigenvalue weighted by Crippen LogP contribution is -2.28. The zero-order chi connectivity index (χ0) is 10.2. The van der Waals surface area contributed by atoms with Crippen LogP contribution in [-0.4, -0.2) is 18.3 Å². The number of hydrogen-bond acceptors (Lipinski definition) is 3. The number of hydrogen-bond donors (Lipinski definition) is 2. The van der Waals surface area contributed by atoms with Gasteiger partial charge in [-0.1, -0.05) is 24.3 Å². The van der Waals surface area contributed by atoms with Crippen LogP contribution in [0, 0.1) is 0 Å². The Balaban J connectivity index is 2.40. The molecule has 1 aliphatic heterocycles. The van der Waals surface area contributed by atoms with Crippen LogP contribution in [0.2, 0.25) is 0 Å². The van der Waals surface area contributed by atoms with E-state index in [-0.39, 0.29) is 0 Å². The van der Waals surface area contributed by atoms with Crippen LogP contribution in [0.25, 0.3) is 6.08 Å². The van der Waals surface area contributed by atoms with Crippen molar-refractivity contribution in [1.29, 1.82) is 0 Å². The van der Waals surface area contributed by atoms with Crippen LogP contribution in [-0.2, 0) is 10.1 Å². The number of benzene rings is 1. The van der Waals surface area contributed by atoms with E-state index in [4.69, 9.17) is 4.55 Å². The highest BCUT2D eigenvalue weighted by Crippen LogP contribution is 2.23. The summed E-state index contributed by atoms with van der Waals surface area (Å²) in [7, 11) is -4.07. The number of nitrogens with one attached hydrogen (secondary N) is 1. The lowest BCUT2D eigenvalue weighted by Gasteiger charge is -2.19. The summed E-state index contributed by atoms with van der Waals surface area (Å²) in [6, 6.07) is 7.28. The van der Waals surface area contributed by atoms with Gasteiger partial charge in [-0.15, -0.1) is 0 Å². The van der Waals surface area contributed by atoms with Crippen LogP contribution in [0.1, 0.15) is 5.56 Å². The molecule has 0 saturated carbocycles. The third kappa shape index (κ3) is 1.64. The predicted molar refractivity (Wildman–Crippen MR) is 54.4 cm³/mol. The van der Waals surface area contributed by atoms with Gasteiger partial charge < -0.3 is 5.32 Å². The Bertz CT molecular complexity index is 479. The molecule has 1 aromatic rings. The lowest BCUT2D eigenvalue weighted by molar-refractivity contribution is 0.478. The second-order valence-electron chi connectivity index (χ2n) is 3.03. The van der Waals surface area contributed by atoms with Crippen molar-refractivity contribution in [3.63, 3.8) is 0 Å². The summed E-state index contributed by atoms with van der Waals surface area (Å²) in [5, 5.41) is 1.67. The van der Waals surface area contributed by atoms with Crippen molar-refractivity contribution in [2.24, 2.45) is 0 Å². The molecule has 1 aromatic carbocycles. The van der Waals surface area contributed by atoms with E-state index < -0.39 is 15.5 Å². The smallest absolute Gasteiger partial charge is 0.289 e. The quantitative estimate of drug-likeness (QED) is 0.688.